The molecule has 1 aromatic carbocycles. The van der Waals surface area contributed by atoms with Crippen molar-refractivity contribution >= 4 is 29.0 Å². The van der Waals surface area contributed by atoms with Gasteiger partial charge in [0.25, 0.3) is 0 Å². The van der Waals surface area contributed by atoms with Gasteiger partial charge in [0.2, 0.25) is 0 Å². The highest BCUT2D eigenvalue weighted by molar-refractivity contribution is 6.42. The SMILES string of the molecule is CCC(=O)C(N(C)CC)C1(c2ccc(Cl)c(Cl)c2)CCC1. The highest BCUT2D eigenvalue weighted by Gasteiger charge is 2.49. The minimum absolute atomic E-state index is 0.0708. The fourth-order valence-electron chi connectivity index (χ4n) is 3.44. The van der Waals surface area contributed by atoms with Crippen molar-refractivity contribution in [3.63, 3.8) is 0 Å². The molecular weight excluding hydrogens is 305 g/mol. The molecule has 1 atom stereocenters. The predicted molar refractivity (Wildman–Crippen MR) is 89.4 cm³/mol. The summed E-state index contributed by atoms with van der Waals surface area (Å²) in [4.78, 5) is 14.8. The zero-order valence-corrected chi connectivity index (χ0v) is 14.5. The van der Waals surface area contributed by atoms with E-state index in [-0.39, 0.29) is 11.5 Å². The number of benzene rings is 1. The van der Waals surface area contributed by atoms with E-state index in [1.54, 1.807) is 0 Å². The van der Waals surface area contributed by atoms with Gasteiger partial charge in [-0.25, -0.2) is 0 Å². The molecule has 0 radical (unpaired) electrons. The Hall–Kier alpha value is -0.570. The highest BCUT2D eigenvalue weighted by atomic mass is 35.5. The number of nitrogens with zero attached hydrogens (tertiary/aromatic N) is 1. The second-order valence-corrected chi connectivity index (χ2v) is 6.75. The van der Waals surface area contributed by atoms with Crippen LogP contribution in [0.5, 0.6) is 0 Å². The van der Waals surface area contributed by atoms with Gasteiger partial charge in [-0.15, -0.1) is 0 Å². The van der Waals surface area contributed by atoms with E-state index in [0.717, 1.165) is 31.4 Å². The highest BCUT2D eigenvalue weighted by Crippen LogP contribution is 2.49. The van der Waals surface area contributed by atoms with Gasteiger partial charge in [0.15, 0.2) is 5.78 Å². The lowest BCUT2D eigenvalue weighted by Crippen LogP contribution is -2.57. The van der Waals surface area contributed by atoms with Gasteiger partial charge in [-0.2, -0.15) is 0 Å². The molecule has 0 aromatic heterocycles. The van der Waals surface area contributed by atoms with E-state index in [0.29, 0.717) is 22.2 Å². The Bertz CT molecular complexity index is 526. The van der Waals surface area contributed by atoms with Crippen LogP contribution in [0.25, 0.3) is 0 Å². The molecule has 0 spiro atoms. The number of halogens is 2. The zero-order valence-electron chi connectivity index (χ0n) is 13.0. The molecule has 1 aliphatic carbocycles. The van der Waals surface area contributed by atoms with Gasteiger partial charge in [0.1, 0.15) is 0 Å². The minimum Gasteiger partial charge on any atom is -0.298 e. The Morgan fingerprint density at radius 1 is 1.29 bits per heavy atom. The number of carbonyl (C=O) groups is 1. The molecule has 21 heavy (non-hydrogen) atoms. The third-order valence-corrected chi connectivity index (χ3v) is 5.60. The van der Waals surface area contributed by atoms with Crippen LogP contribution in [0.2, 0.25) is 10.0 Å². The van der Waals surface area contributed by atoms with Crippen LogP contribution < -0.4 is 0 Å². The maximum absolute atomic E-state index is 12.6. The Morgan fingerprint density at radius 2 is 1.95 bits per heavy atom. The van der Waals surface area contributed by atoms with Crippen LogP contribution >= 0.6 is 23.2 Å². The summed E-state index contributed by atoms with van der Waals surface area (Å²) in [7, 11) is 2.04. The van der Waals surface area contributed by atoms with Crippen LogP contribution in [0.4, 0.5) is 0 Å². The van der Waals surface area contributed by atoms with Crippen molar-refractivity contribution in [1.82, 2.24) is 4.90 Å². The summed E-state index contributed by atoms with van der Waals surface area (Å²) in [6.45, 7) is 4.90. The van der Waals surface area contributed by atoms with E-state index < -0.39 is 0 Å². The molecule has 0 amide bonds. The van der Waals surface area contributed by atoms with Crippen LogP contribution in [0.3, 0.4) is 0 Å². The summed E-state index contributed by atoms with van der Waals surface area (Å²) in [5.41, 5.74) is 1.04. The molecule has 4 heteroatoms. The van der Waals surface area contributed by atoms with Gasteiger partial charge in [-0.1, -0.05) is 49.5 Å². The van der Waals surface area contributed by atoms with Crippen molar-refractivity contribution in [2.75, 3.05) is 13.6 Å². The Balaban J connectivity index is 2.46. The first kappa shape index (κ1) is 16.8. The fourth-order valence-corrected chi connectivity index (χ4v) is 3.73. The molecule has 1 aliphatic rings. The van der Waals surface area contributed by atoms with Gasteiger partial charge in [0, 0.05) is 11.8 Å². The number of hydrogen-bond acceptors (Lipinski definition) is 2. The molecular formula is C17H23Cl2NO. The predicted octanol–water partition coefficient (Wildman–Crippen LogP) is 4.71. The number of likely N-dealkylation sites (N-methyl/N-ethyl adjacent to an activating group) is 1. The van der Waals surface area contributed by atoms with E-state index >= 15 is 0 Å². The number of Topliss-reactive ketones (excluding diaryl/α,β-unsaturated/α-hetero) is 1. The van der Waals surface area contributed by atoms with Crippen molar-refractivity contribution in [3.8, 4) is 0 Å². The Morgan fingerprint density at radius 3 is 2.38 bits per heavy atom. The van der Waals surface area contributed by atoms with Gasteiger partial charge >= 0.3 is 0 Å². The van der Waals surface area contributed by atoms with Gasteiger partial charge in [-0.05, 0) is 44.1 Å². The maximum atomic E-state index is 12.6. The fraction of sp³-hybridized carbons (Fsp3) is 0.588. The third-order valence-electron chi connectivity index (χ3n) is 4.86. The lowest BCUT2D eigenvalue weighted by Gasteiger charge is -2.50. The lowest BCUT2D eigenvalue weighted by atomic mass is 9.58. The topological polar surface area (TPSA) is 20.3 Å². The van der Waals surface area contributed by atoms with Crippen LogP contribution in [-0.2, 0) is 10.2 Å². The van der Waals surface area contributed by atoms with E-state index in [9.17, 15) is 4.79 Å². The van der Waals surface area contributed by atoms with E-state index in [1.165, 1.54) is 0 Å². The molecule has 1 saturated carbocycles. The van der Waals surface area contributed by atoms with E-state index in [4.69, 9.17) is 23.2 Å². The van der Waals surface area contributed by atoms with E-state index in [1.807, 2.05) is 32.2 Å². The first-order chi connectivity index (χ1) is 9.96. The minimum atomic E-state index is -0.105. The smallest absolute Gasteiger partial charge is 0.150 e. The molecule has 0 aliphatic heterocycles. The van der Waals surface area contributed by atoms with Crippen molar-refractivity contribution < 1.29 is 4.79 Å². The van der Waals surface area contributed by atoms with Gasteiger partial charge in [-0.3, -0.25) is 9.69 Å². The van der Waals surface area contributed by atoms with Crippen molar-refractivity contribution in [2.24, 2.45) is 0 Å². The second-order valence-electron chi connectivity index (χ2n) is 5.93. The van der Waals surface area contributed by atoms with Crippen molar-refractivity contribution in [3.05, 3.63) is 33.8 Å². The third kappa shape index (κ3) is 2.99. The quantitative estimate of drug-likeness (QED) is 0.753. The molecule has 1 fully saturated rings. The Kier molecular flexibility index (Phi) is 5.34. The van der Waals surface area contributed by atoms with E-state index in [2.05, 4.69) is 11.8 Å². The summed E-state index contributed by atoms with van der Waals surface area (Å²) >= 11 is 12.2. The normalized spacial score (nSPS) is 18.4. The standard InChI is InChI=1S/C17H23Cl2NO/c1-4-15(21)16(20(3)5-2)17(9-6-10-17)12-7-8-13(18)14(19)11-12/h7-8,11,16H,4-6,9-10H2,1-3H3. The maximum Gasteiger partial charge on any atom is 0.150 e. The monoisotopic (exact) mass is 327 g/mol. The summed E-state index contributed by atoms with van der Waals surface area (Å²) in [5, 5.41) is 1.14. The average Bonchev–Trinajstić information content (AvgIpc) is 2.44. The molecule has 2 rings (SSSR count). The summed E-state index contributed by atoms with van der Waals surface area (Å²) in [6.07, 6.45) is 3.79. The second kappa shape index (κ2) is 6.68. The summed E-state index contributed by atoms with van der Waals surface area (Å²) < 4.78 is 0. The molecule has 1 unspecified atom stereocenters. The molecule has 1 aromatic rings. The summed E-state index contributed by atoms with van der Waals surface area (Å²) in [5.74, 6) is 0.310. The number of ketones is 1. The lowest BCUT2D eigenvalue weighted by molar-refractivity contribution is -0.127. The van der Waals surface area contributed by atoms with Crippen LogP contribution in [0.1, 0.15) is 45.1 Å². The molecule has 0 saturated heterocycles. The largest absolute Gasteiger partial charge is 0.298 e. The Labute approximate surface area is 137 Å². The molecule has 0 bridgehead atoms. The van der Waals surface area contributed by atoms with Gasteiger partial charge < -0.3 is 0 Å². The van der Waals surface area contributed by atoms with Crippen LogP contribution in [0.15, 0.2) is 18.2 Å². The number of rotatable bonds is 6. The molecule has 116 valence electrons. The van der Waals surface area contributed by atoms with Crippen molar-refractivity contribution in [1.29, 1.82) is 0 Å². The zero-order chi connectivity index (χ0) is 15.6. The number of carbonyl (C=O) groups excluding carboxylic acids is 1. The first-order valence-corrected chi connectivity index (χ1v) is 8.40. The van der Waals surface area contributed by atoms with Crippen LogP contribution in [0, 0.1) is 0 Å². The molecule has 2 nitrogen and oxygen atoms in total. The van der Waals surface area contributed by atoms with Gasteiger partial charge in [0.05, 0.1) is 16.1 Å². The number of hydrogen-bond donors (Lipinski definition) is 0. The molecule has 0 heterocycles. The average molecular weight is 328 g/mol. The molecule has 0 N–H and O–H groups in total. The summed E-state index contributed by atoms with van der Waals surface area (Å²) in [6, 6.07) is 5.76. The van der Waals surface area contributed by atoms with Crippen LogP contribution in [-0.4, -0.2) is 30.3 Å². The van der Waals surface area contributed by atoms with Crippen molar-refractivity contribution in [2.45, 2.75) is 51.0 Å². The first-order valence-electron chi connectivity index (χ1n) is 7.64.